The molecule has 7 heteroatoms. The number of para-hydroxylation sites is 1. The number of hydrogen-bond donors (Lipinski definition) is 2. The zero-order valence-corrected chi connectivity index (χ0v) is 16.8. The summed E-state index contributed by atoms with van der Waals surface area (Å²) in [5, 5.41) is 17.6. The summed E-state index contributed by atoms with van der Waals surface area (Å²) in [6, 6.07) is 5.52. The number of tetrazole rings is 1. The molecule has 0 aliphatic rings. The molecule has 0 atom stereocenters. The van der Waals surface area contributed by atoms with Gasteiger partial charge in [0.2, 0.25) is 0 Å². The third-order valence-corrected chi connectivity index (χ3v) is 4.61. The fourth-order valence-corrected chi connectivity index (χ4v) is 3.03. The van der Waals surface area contributed by atoms with Gasteiger partial charge in [0.05, 0.1) is 6.54 Å². The van der Waals surface area contributed by atoms with Gasteiger partial charge in [0.15, 0.2) is 0 Å². The van der Waals surface area contributed by atoms with Crippen LogP contribution < -0.4 is 10.6 Å². The van der Waals surface area contributed by atoms with E-state index in [0.717, 1.165) is 29.8 Å². The Bertz CT molecular complexity index is 692. The van der Waals surface area contributed by atoms with E-state index in [2.05, 4.69) is 33.0 Å². The van der Waals surface area contributed by atoms with Crippen LogP contribution in [0.15, 0.2) is 18.2 Å². The minimum absolute atomic E-state index is 0.221. The van der Waals surface area contributed by atoms with Crippen molar-refractivity contribution < 1.29 is 4.79 Å². The summed E-state index contributed by atoms with van der Waals surface area (Å²) < 4.78 is 0. The van der Waals surface area contributed by atoms with Gasteiger partial charge in [-0.3, -0.25) is 5.32 Å². The number of unbranched alkanes of at least 4 members (excludes halogenated alkanes) is 7. The third-order valence-electron chi connectivity index (χ3n) is 4.61. The lowest BCUT2D eigenvalue weighted by Gasteiger charge is -2.10. The standard InChI is InChI=1S/C20H32N6O/c1-4-5-6-7-8-9-10-11-15-26-24-19(23-25-26)22-20(27)21-18-16(2)13-12-14-17(18)3/h12-14H,4-11,15H2,1-3H3,(H2,21,22,24,27). The van der Waals surface area contributed by atoms with Crippen LogP contribution in [0.1, 0.15) is 69.4 Å². The number of benzene rings is 1. The van der Waals surface area contributed by atoms with E-state index in [4.69, 9.17) is 0 Å². The first kappa shape index (κ1) is 20.9. The Morgan fingerprint density at radius 2 is 1.59 bits per heavy atom. The highest BCUT2D eigenvalue weighted by atomic mass is 16.2. The van der Waals surface area contributed by atoms with Gasteiger partial charge in [-0.05, 0) is 36.6 Å². The molecule has 0 radical (unpaired) electrons. The Morgan fingerprint density at radius 3 is 2.26 bits per heavy atom. The van der Waals surface area contributed by atoms with Crippen molar-refractivity contribution in [3.63, 3.8) is 0 Å². The van der Waals surface area contributed by atoms with Crippen LogP contribution in [0.4, 0.5) is 16.4 Å². The van der Waals surface area contributed by atoms with Crippen molar-refractivity contribution in [2.24, 2.45) is 0 Å². The van der Waals surface area contributed by atoms with E-state index >= 15 is 0 Å². The number of carbonyl (C=O) groups is 1. The van der Waals surface area contributed by atoms with Crippen molar-refractivity contribution in [1.82, 2.24) is 20.2 Å². The van der Waals surface area contributed by atoms with Crippen molar-refractivity contribution >= 4 is 17.7 Å². The second-order valence-corrected chi connectivity index (χ2v) is 7.03. The van der Waals surface area contributed by atoms with Gasteiger partial charge >= 0.3 is 6.03 Å². The molecule has 2 rings (SSSR count). The minimum Gasteiger partial charge on any atom is -0.307 e. The second-order valence-electron chi connectivity index (χ2n) is 7.03. The predicted molar refractivity (Wildman–Crippen MR) is 109 cm³/mol. The number of nitrogens with one attached hydrogen (secondary N) is 2. The highest BCUT2D eigenvalue weighted by Crippen LogP contribution is 2.19. The van der Waals surface area contributed by atoms with E-state index in [1.807, 2.05) is 32.0 Å². The third kappa shape index (κ3) is 7.37. The molecule has 0 aliphatic carbocycles. The summed E-state index contributed by atoms with van der Waals surface area (Å²) in [4.78, 5) is 13.7. The van der Waals surface area contributed by atoms with Gasteiger partial charge in [0.1, 0.15) is 0 Å². The van der Waals surface area contributed by atoms with Crippen LogP contribution in [0.2, 0.25) is 0 Å². The molecule has 2 amide bonds. The molecule has 148 valence electrons. The van der Waals surface area contributed by atoms with E-state index in [1.54, 1.807) is 4.80 Å². The maximum absolute atomic E-state index is 12.2. The fourth-order valence-electron chi connectivity index (χ4n) is 3.03. The molecule has 2 N–H and O–H groups in total. The predicted octanol–water partition coefficient (Wildman–Crippen LogP) is 5.07. The van der Waals surface area contributed by atoms with Crippen LogP contribution in [0.25, 0.3) is 0 Å². The van der Waals surface area contributed by atoms with Gasteiger partial charge in [-0.15, -0.1) is 5.10 Å². The number of nitrogens with zero attached hydrogens (tertiary/aromatic N) is 4. The van der Waals surface area contributed by atoms with Gasteiger partial charge in [-0.25, -0.2) is 4.79 Å². The molecule has 27 heavy (non-hydrogen) atoms. The van der Waals surface area contributed by atoms with Crippen LogP contribution in [0.5, 0.6) is 0 Å². The van der Waals surface area contributed by atoms with E-state index in [-0.39, 0.29) is 12.0 Å². The van der Waals surface area contributed by atoms with Crippen LogP contribution in [-0.2, 0) is 6.54 Å². The van der Waals surface area contributed by atoms with Crippen molar-refractivity contribution in [1.29, 1.82) is 0 Å². The molecular formula is C20H32N6O. The molecular weight excluding hydrogens is 340 g/mol. The Kier molecular flexibility index (Phi) is 8.74. The Balaban J connectivity index is 1.68. The molecule has 0 bridgehead atoms. The Hall–Kier alpha value is -2.44. The molecule has 7 nitrogen and oxygen atoms in total. The van der Waals surface area contributed by atoms with Crippen molar-refractivity contribution in [2.45, 2.75) is 78.7 Å². The van der Waals surface area contributed by atoms with E-state index in [1.165, 1.54) is 44.9 Å². The van der Waals surface area contributed by atoms with Crippen molar-refractivity contribution in [2.75, 3.05) is 10.6 Å². The quantitative estimate of drug-likeness (QED) is 0.539. The normalized spacial score (nSPS) is 10.8. The molecule has 1 heterocycles. The average molecular weight is 373 g/mol. The monoisotopic (exact) mass is 372 g/mol. The first-order valence-corrected chi connectivity index (χ1v) is 10.0. The second kappa shape index (κ2) is 11.3. The fraction of sp³-hybridized carbons (Fsp3) is 0.600. The molecule has 1 aromatic carbocycles. The molecule has 2 aromatic rings. The largest absolute Gasteiger partial charge is 0.326 e. The summed E-state index contributed by atoms with van der Waals surface area (Å²) in [5.74, 6) is 0.221. The molecule has 0 saturated carbocycles. The zero-order valence-electron chi connectivity index (χ0n) is 16.8. The van der Waals surface area contributed by atoms with E-state index in [9.17, 15) is 4.79 Å². The van der Waals surface area contributed by atoms with Crippen molar-refractivity contribution in [3.8, 4) is 0 Å². The first-order valence-electron chi connectivity index (χ1n) is 10.0. The Morgan fingerprint density at radius 1 is 0.963 bits per heavy atom. The number of hydrogen-bond acceptors (Lipinski definition) is 4. The number of amides is 2. The molecule has 0 aliphatic heterocycles. The molecule has 1 aromatic heterocycles. The molecule has 0 saturated heterocycles. The maximum atomic E-state index is 12.2. The average Bonchev–Trinajstić information content (AvgIpc) is 3.08. The smallest absolute Gasteiger partial charge is 0.307 e. The van der Waals surface area contributed by atoms with Gasteiger partial charge < -0.3 is 5.32 Å². The van der Waals surface area contributed by atoms with Gasteiger partial charge in [0, 0.05) is 5.69 Å². The topological polar surface area (TPSA) is 84.7 Å². The summed E-state index contributed by atoms with van der Waals surface area (Å²) in [6.45, 7) is 6.88. The lowest BCUT2D eigenvalue weighted by molar-refractivity contribution is 0.262. The Labute approximate surface area is 161 Å². The van der Waals surface area contributed by atoms with E-state index < -0.39 is 0 Å². The summed E-state index contributed by atoms with van der Waals surface area (Å²) in [5.41, 5.74) is 2.83. The zero-order chi connectivity index (χ0) is 19.5. The molecule has 0 spiro atoms. The van der Waals surface area contributed by atoms with Crippen LogP contribution in [0.3, 0.4) is 0 Å². The van der Waals surface area contributed by atoms with Gasteiger partial charge in [0.25, 0.3) is 5.95 Å². The van der Waals surface area contributed by atoms with Crippen molar-refractivity contribution in [3.05, 3.63) is 29.3 Å². The summed E-state index contributed by atoms with van der Waals surface area (Å²) >= 11 is 0. The SMILES string of the molecule is CCCCCCCCCCn1nnc(NC(=O)Nc2c(C)cccc2C)n1. The number of carbonyl (C=O) groups excluding carboxylic acids is 1. The number of aromatic nitrogens is 4. The summed E-state index contributed by atoms with van der Waals surface area (Å²) in [7, 11) is 0. The van der Waals surface area contributed by atoms with Crippen LogP contribution >= 0.6 is 0 Å². The number of rotatable bonds is 11. The highest BCUT2D eigenvalue weighted by molar-refractivity contribution is 5.99. The summed E-state index contributed by atoms with van der Waals surface area (Å²) in [6.07, 6.45) is 10.1. The maximum Gasteiger partial charge on any atom is 0.326 e. The lowest BCUT2D eigenvalue weighted by atomic mass is 10.1. The van der Waals surface area contributed by atoms with Gasteiger partial charge in [-0.2, -0.15) is 4.80 Å². The number of aryl methyl sites for hydroxylation is 3. The van der Waals surface area contributed by atoms with E-state index in [0.29, 0.717) is 0 Å². The van der Waals surface area contributed by atoms with Crippen LogP contribution in [0, 0.1) is 13.8 Å². The molecule has 0 fully saturated rings. The number of urea groups is 1. The van der Waals surface area contributed by atoms with Gasteiger partial charge in [-0.1, -0.05) is 75.2 Å². The lowest BCUT2D eigenvalue weighted by Crippen LogP contribution is -2.21. The number of anilines is 2. The first-order chi connectivity index (χ1) is 13.1. The highest BCUT2D eigenvalue weighted by Gasteiger charge is 2.10. The van der Waals surface area contributed by atoms with Crippen LogP contribution in [-0.4, -0.2) is 26.2 Å². The minimum atomic E-state index is -0.362. The molecule has 0 unspecified atom stereocenters.